The van der Waals surface area contributed by atoms with Gasteiger partial charge in [0.05, 0.1) is 12.3 Å². The number of hydrogen-bond acceptors (Lipinski definition) is 4. The van der Waals surface area contributed by atoms with E-state index in [1.807, 2.05) is 13.0 Å². The Morgan fingerprint density at radius 1 is 1.29 bits per heavy atom. The second kappa shape index (κ2) is 5.52. The van der Waals surface area contributed by atoms with E-state index in [1.165, 1.54) is 0 Å². The largest absolute Gasteiger partial charge is 0.479 e. The molecular weight excluding hydrogens is 274 g/mol. The smallest absolute Gasteiger partial charge is 0.332 e. The second-order valence-electron chi connectivity index (χ2n) is 5.70. The molecule has 1 unspecified atom stereocenters. The predicted octanol–water partition coefficient (Wildman–Crippen LogP) is 1.96. The molecule has 1 N–H and O–H groups in total. The van der Waals surface area contributed by atoms with Gasteiger partial charge in [-0.15, -0.1) is 0 Å². The number of hydrogen-bond donors (Lipinski definition) is 1. The van der Waals surface area contributed by atoms with Crippen LogP contribution in [0.5, 0.6) is 0 Å². The number of aliphatic carboxylic acids is 1. The van der Waals surface area contributed by atoms with Crippen LogP contribution in [0.4, 0.5) is 0 Å². The third-order valence-corrected chi connectivity index (χ3v) is 4.14. The van der Waals surface area contributed by atoms with Crippen molar-refractivity contribution in [2.24, 2.45) is 0 Å². The Bertz CT molecular complexity index is 522. The van der Waals surface area contributed by atoms with Crippen LogP contribution < -0.4 is 0 Å². The van der Waals surface area contributed by atoms with Crippen molar-refractivity contribution in [3.63, 3.8) is 0 Å². The molecule has 0 radical (unpaired) electrons. The van der Waals surface area contributed by atoms with Gasteiger partial charge >= 0.3 is 5.97 Å². The van der Waals surface area contributed by atoms with Crippen LogP contribution >= 0.6 is 0 Å². The lowest BCUT2D eigenvalue weighted by Gasteiger charge is -2.30. The van der Waals surface area contributed by atoms with E-state index in [1.54, 1.807) is 17.2 Å². The highest BCUT2D eigenvalue weighted by Crippen LogP contribution is 2.36. The average molecular weight is 293 g/mol. The van der Waals surface area contributed by atoms with Crippen molar-refractivity contribution in [1.29, 1.82) is 0 Å². The topological polar surface area (TPSA) is 80.0 Å². The molecule has 1 aliphatic heterocycles. The minimum atomic E-state index is -0.998. The molecule has 1 aromatic heterocycles. The zero-order valence-electron chi connectivity index (χ0n) is 11.9. The third kappa shape index (κ3) is 2.81. The number of rotatable bonds is 5. The molecule has 3 rings (SSSR count). The maximum atomic E-state index is 12.7. The zero-order chi connectivity index (χ0) is 15.0. The summed E-state index contributed by atoms with van der Waals surface area (Å²) < 4.78 is 10.8. The highest BCUT2D eigenvalue weighted by molar-refractivity contribution is 5.83. The number of carbonyl (C=O) groups is 2. The number of carboxylic acids is 1. The molecule has 1 aromatic rings. The Morgan fingerprint density at radius 2 is 2.00 bits per heavy atom. The molecule has 1 saturated carbocycles. The van der Waals surface area contributed by atoms with Crippen LogP contribution in [-0.2, 0) is 14.3 Å². The van der Waals surface area contributed by atoms with Gasteiger partial charge in [0, 0.05) is 6.04 Å². The first-order valence-electron chi connectivity index (χ1n) is 7.31. The summed E-state index contributed by atoms with van der Waals surface area (Å²) in [5.74, 6) is -0.379. The van der Waals surface area contributed by atoms with E-state index in [0.717, 1.165) is 18.6 Å². The first-order valence-corrected chi connectivity index (χ1v) is 7.31. The fraction of sp³-hybridized carbons (Fsp3) is 0.600. The van der Waals surface area contributed by atoms with Crippen molar-refractivity contribution < 1.29 is 23.8 Å². The first kappa shape index (κ1) is 14.1. The maximum absolute atomic E-state index is 12.7. The fourth-order valence-corrected chi connectivity index (χ4v) is 2.87. The Morgan fingerprint density at radius 3 is 2.52 bits per heavy atom. The number of amides is 1. The number of furan rings is 1. The normalized spacial score (nSPS) is 26.5. The van der Waals surface area contributed by atoms with E-state index in [4.69, 9.17) is 14.3 Å². The Labute approximate surface area is 122 Å². The monoisotopic (exact) mass is 293 g/mol. The van der Waals surface area contributed by atoms with E-state index in [0.29, 0.717) is 12.8 Å². The second-order valence-corrected chi connectivity index (χ2v) is 5.70. The Balaban J connectivity index is 1.72. The molecule has 0 aromatic carbocycles. The highest BCUT2D eigenvalue weighted by Gasteiger charge is 2.43. The summed E-state index contributed by atoms with van der Waals surface area (Å²) in [6.07, 6.45) is 2.89. The van der Waals surface area contributed by atoms with Gasteiger partial charge in [-0.2, -0.15) is 0 Å². The SMILES string of the molecule is CC(c1ccco1)N(C(=O)[C@@H]1CC[C@H](C(=O)O)O1)C1CC1. The molecule has 6 heteroatoms. The van der Waals surface area contributed by atoms with Gasteiger partial charge in [0.1, 0.15) is 11.9 Å². The van der Waals surface area contributed by atoms with Crippen molar-refractivity contribution in [3.05, 3.63) is 24.2 Å². The van der Waals surface area contributed by atoms with Gasteiger partial charge in [0.15, 0.2) is 6.10 Å². The zero-order valence-corrected chi connectivity index (χ0v) is 11.9. The molecule has 1 aliphatic carbocycles. The fourth-order valence-electron chi connectivity index (χ4n) is 2.87. The lowest BCUT2D eigenvalue weighted by atomic mass is 10.1. The molecule has 1 saturated heterocycles. The molecule has 6 nitrogen and oxygen atoms in total. The van der Waals surface area contributed by atoms with E-state index in [2.05, 4.69) is 0 Å². The minimum Gasteiger partial charge on any atom is -0.479 e. The maximum Gasteiger partial charge on any atom is 0.332 e. The van der Waals surface area contributed by atoms with Crippen molar-refractivity contribution in [2.75, 3.05) is 0 Å². The molecule has 2 aliphatic rings. The highest BCUT2D eigenvalue weighted by atomic mass is 16.5. The predicted molar refractivity (Wildman–Crippen MR) is 72.5 cm³/mol. The van der Waals surface area contributed by atoms with Crippen LogP contribution in [0.2, 0.25) is 0 Å². The van der Waals surface area contributed by atoms with Crippen LogP contribution in [0.25, 0.3) is 0 Å². The first-order chi connectivity index (χ1) is 10.1. The van der Waals surface area contributed by atoms with Crippen molar-refractivity contribution in [3.8, 4) is 0 Å². The van der Waals surface area contributed by atoms with Crippen molar-refractivity contribution in [2.45, 2.75) is 56.9 Å². The van der Waals surface area contributed by atoms with Gasteiger partial charge < -0.3 is 19.2 Å². The van der Waals surface area contributed by atoms with Crippen LogP contribution in [-0.4, -0.2) is 40.1 Å². The quantitative estimate of drug-likeness (QED) is 0.897. The van der Waals surface area contributed by atoms with Gasteiger partial charge in [-0.3, -0.25) is 4.79 Å². The van der Waals surface area contributed by atoms with Gasteiger partial charge in [0.25, 0.3) is 5.91 Å². The minimum absolute atomic E-state index is 0.120. The van der Waals surface area contributed by atoms with Crippen molar-refractivity contribution >= 4 is 11.9 Å². The summed E-state index contributed by atoms with van der Waals surface area (Å²) in [6, 6.07) is 3.70. The average Bonchev–Trinajstić information content (AvgIpc) is 3.00. The molecular formula is C15H19NO5. The van der Waals surface area contributed by atoms with E-state index < -0.39 is 18.2 Å². The van der Waals surface area contributed by atoms with E-state index >= 15 is 0 Å². The Kier molecular flexibility index (Phi) is 3.71. The summed E-state index contributed by atoms with van der Waals surface area (Å²) >= 11 is 0. The Hall–Kier alpha value is -1.82. The summed E-state index contributed by atoms with van der Waals surface area (Å²) in [6.45, 7) is 1.93. The summed E-state index contributed by atoms with van der Waals surface area (Å²) in [5.41, 5.74) is 0. The van der Waals surface area contributed by atoms with E-state index in [-0.39, 0.29) is 18.0 Å². The molecule has 2 fully saturated rings. The molecule has 114 valence electrons. The van der Waals surface area contributed by atoms with Crippen LogP contribution in [0.3, 0.4) is 0 Å². The van der Waals surface area contributed by atoms with E-state index in [9.17, 15) is 9.59 Å². The van der Waals surface area contributed by atoms with Crippen molar-refractivity contribution in [1.82, 2.24) is 4.90 Å². The number of carbonyl (C=O) groups excluding carboxylic acids is 1. The van der Waals surface area contributed by atoms with Crippen LogP contribution in [0, 0.1) is 0 Å². The summed E-state index contributed by atoms with van der Waals surface area (Å²) in [4.78, 5) is 25.4. The number of nitrogens with zero attached hydrogens (tertiary/aromatic N) is 1. The van der Waals surface area contributed by atoms with Gasteiger partial charge in [0.2, 0.25) is 0 Å². The molecule has 3 atom stereocenters. The number of ether oxygens (including phenoxy) is 1. The number of carboxylic acid groups (broad SMARTS) is 1. The van der Waals surface area contributed by atoms with Gasteiger partial charge in [-0.05, 0) is 44.7 Å². The van der Waals surface area contributed by atoms with Crippen LogP contribution in [0.1, 0.15) is 44.4 Å². The lowest BCUT2D eigenvalue weighted by Crippen LogP contribution is -2.42. The molecule has 0 spiro atoms. The molecule has 1 amide bonds. The molecule has 21 heavy (non-hydrogen) atoms. The summed E-state index contributed by atoms with van der Waals surface area (Å²) in [5, 5.41) is 8.97. The van der Waals surface area contributed by atoms with Crippen LogP contribution in [0.15, 0.2) is 22.8 Å². The molecule has 2 heterocycles. The summed E-state index contributed by atoms with van der Waals surface area (Å²) in [7, 11) is 0. The van der Waals surface area contributed by atoms with Gasteiger partial charge in [-0.1, -0.05) is 0 Å². The van der Waals surface area contributed by atoms with Gasteiger partial charge in [-0.25, -0.2) is 4.79 Å². The standard InChI is InChI=1S/C15H19NO5/c1-9(11-3-2-8-20-11)16(10-4-5-10)14(17)12-6-7-13(21-12)15(18)19/h2-3,8-10,12-13H,4-7H2,1H3,(H,18,19)/t9?,12-,13+/m0/s1. The lowest BCUT2D eigenvalue weighted by molar-refractivity contribution is -0.156. The molecule has 0 bridgehead atoms. The third-order valence-electron chi connectivity index (χ3n) is 4.14.